The largest absolute Gasteiger partial charge is 0.339 e. The van der Waals surface area contributed by atoms with Crippen molar-refractivity contribution < 1.29 is 17.7 Å². The maximum absolute atomic E-state index is 12.7. The molecule has 3 heterocycles. The van der Waals surface area contributed by atoms with E-state index in [1.165, 1.54) is 35.8 Å². The Balaban J connectivity index is 1.43. The van der Waals surface area contributed by atoms with E-state index in [0.29, 0.717) is 23.1 Å². The highest BCUT2D eigenvalue weighted by Gasteiger charge is 2.40. The number of benzene rings is 1. The van der Waals surface area contributed by atoms with Gasteiger partial charge in [-0.3, -0.25) is 9.78 Å². The minimum absolute atomic E-state index is 0.158. The number of amides is 1. The van der Waals surface area contributed by atoms with E-state index in [4.69, 9.17) is 4.52 Å². The molecule has 1 aliphatic rings. The Labute approximate surface area is 160 Å². The Kier molecular flexibility index (Phi) is 4.61. The van der Waals surface area contributed by atoms with Crippen molar-refractivity contribution in [3.05, 3.63) is 48.7 Å². The Morgan fingerprint density at radius 1 is 1.21 bits per heavy atom. The summed E-state index contributed by atoms with van der Waals surface area (Å²) in [5, 5.41) is 6.48. The lowest BCUT2D eigenvalue weighted by molar-refractivity contribution is -0.114. The third-order valence-electron chi connectivity index (χ3n) is 4.24. The molecule has 0 radical (unpaired) electrons. The van der Waals surface area contributed by atoms with Gasteiger partial charge < -0.3 is 9.84 Å². The lowest BCUT2D eigenvalue weighted by atomic mass is 10.0. The average molecular weight is 400 g/mol. The Hall–Kier alpha value is -3.18. The fourth-order valence-electron chi connectivity index (χ4n) is 2.77. The summed E-state index contributed by atoms with van der Waals surface area (Å²) in [4.78, 5) is 23.6. The van der Waals surface area contributed by atoms with Gasteiger partial charge >= 0.3 is 0 Å². The number of sulfonamides is 1. The first-order chi connectivity index (χ1) is 13.4. The molecular weight excluding hydrogens is 384 g/mol. The number of aromatic nitrogens is 4. The minimum atomic E-state index is -3.63. The van der Waals surface area contributed by atoms with Gasteiger partial charge in [0.15, 0.2) is 0 Å². The third kappa shape index (κ3) is 3.49. The summed E-state index contributed by atoms with van der Waals surface area (Å²) in [6.45, 7) is 1.88. The summed E-state index contributed by atoms with van der Waals surface area (Å²) in [6, 6.07) is 6.03. The molecule has 28 heavy (non-hydrogen) atoms. The van der Waals surface area contributed by atoms with Gasteiger partial charge in [0, 0.05) is 38.1 Å². The molecule has 1 saturated heterocycles. The van der Waals surface area contributed by atoms with Crippen LogP contribution in [-0.2, 0) is 14.8 Å². The zero-order valence-electron chi connectivity index (χ0n) is 14.8. The molecule has 0 atom stereocenters. The maximum atomic E-state index is 12.7. The van der Waals surface area contributed by atoms with Crippen LogP contribution >= 0.6 is 0 Å². The van der Waals surface area contributed by atoms with Crippen LogP contribution in [0.1, 0.15) is 18.7 Å². The van der Waals surface area contributed by atoms with Crippen molar-refractivity contribution in [3.63, 3.8) is 0 Å². The van der Waals surface area contributed by atoms with Crippen LogP contribution in [0.15, 0.2) is 52.3 Å². The van der Waals surface area contributed by atoms with E-state index in [-0.39, 0.29) is 29.8 Å². The number of anilines is 1. The van der Waals surface area contributed by atoms with Gasteiger partial charge in [-0.2, -0.15) is 9.29 Å². The molecule has 11 heteroatoms. The van der Waals surface area contributed by atoms with Gasteiger partial charge in [0.25, 0.3) is 0 Å². The van der Waals surface area contributed by atoms with Crippen LogP contribution in [0.2, 0.25) is 0 Å². The molecule has 0 aliphatic carbocycles. The van der Waals surface area contributed by atoms with E-state index >= 15 is 0 Å². The van der Waals surface area contributed by atoms with Crippen molar-refractivity contribution >= 4 is 21.6 Å². The first-order valence-electron chi connectivity index (χ1n) is 8.41. The molecule has 0 saturated carbocycles. The SMILES string of the molecule is CC(=O)Nc1ccc(S(=O)(=O)N2CC(c3nc(-c4cnccn4)no3)C2)cc1. The Morgan fingerprint density at radius 2 is 1.96 bits per heavy atom. The van der Waals surface area contributed by atoms with E-state index in [1.807, 2.05) is 0 Å². The molecule has 144 valence electrons. The zero-order valence-corrected chi connectivity index (χ0v) is 15.6. The van der Waals surface area contributed by atoms with Crippen LogP contribution in [0.5, 0.6) is 0 Å². The van der Waals surface area contributed by atoms with Crippen molar-refractivity contribution in [2.75, 3.05) is 18.4 Å². The average Bonchev–Trinajstić information content (AvgIpc) is 3.10. The molecule has 0 spiro atoms. The monoisotopic (exact) mass is 400 g/mol. The lowest BCUT2D eigenvalue weighted by Gasteiger charge is -2.35. The van der Waals surface area contributed by atoms with E-state index in [2.05, 4.69) is 25.4 Å². The standard InChI is InChI=1S/C17H16N6O4S/c1-11(24)20-13-2-4-14(5-3-13)28(25,26)23-9-12(10-23)17-21-16(22-27-17)15-8-18-6-7-19-15/h2-8,12H,9-10H2,1H3,(H,20,24). The van der Waals surface area contributed by atoms with Crippen molar-refractivity contribution in [2.45, 2.75) is 17.7 Å². The number of nitrogens with one attached hydrogen (secondary N) is 1. The van der Waals surface area contributed by atoms with Gasteiger partial charge in [0.05, 0.1) is 17.0 Å². The van der Waals surface area contributed by atoms with Crippen LogP contribution in [0.4, 0.5) is 5.69 Å². The van der Waals surface area contributed by atoms with Gasteiger partial charge in [-0.1, -0.05) is 5.16 Å². The summed E-state index contributed by atoms with van der Waals surface area (Å²) in [5.74, 6) is 0.291. The summed E-state index contributed by atoms with van der Waals surface area (Å²) < 4.78 is 32.0. The van der Waals surface area contributed by atoms with Gasteiger partial charge in [-0.15, -0.1) is 0 Å². The number of rotatable bonds is 5. The van der Waals surface area contributed by atoms with Crippen LogP contribution in [0, 0.1) is 0 Å². The second-order valence-corrected chi connectivity index (χ2v) is 8.21. The van der Waals surface area contributed by atoms with E-state index in [9.17, 15) is 13.2 Å². The Morgan fingerprint density at radius 3 is 2.61 bits per heavy atom. The molecule has 1 fully saturated rings. The van der Waals surface area contributed by atoms with Gasteiger partial charge in [-0.05, 0) is 24.3 Å². The normalized spacial score (nSPS) is 15.2. The lowest BCUT2D eigenvalue weighted by Crippen LogP contribution is -2.48. The number of nitrogens with zero attached hydrogens (tertiary/aromatic N) is 5. The summed E-state index contributed by atoms with van der Waals surface area (Å²) in [6.07, 6.45) is 4.60. The highest BCUT2D eigenvalue weighted by molar-refractivity contribution is 7.89. The van der Waals surface area contributed by atoms with Crippen LogP contribution in [0.25, 0.3) is 11.5 Å². The molecule has 1 N–H and O–H groups in total. The van der Waals surface area contributed by atoms with Crippen molar-refractivity contribution in [1.82, 2.24) is 24.4 Å². The van der Waals surface area contributed by atoms with Crippen LogP contribution in [0.3, 0.4) is 0 Å². The van der Waals surface area contributed by atoms with Gasteiger partial charge in [0.2, 0.25) is 27.6 Å². The molecule has 2 aromatic heterocycles. The molecular formula is C17H16N6O4S. The van der Waals surface area contributed by atoms with Gasteiger partial charge in [-0.25, -0.2) is 13.4 Å². The molecule has 1 aromatic carbocycles. The van der Waals surface area contributed by atoms with E-state index in [1.54, 1.807) is 18.3 Å². The predicted molar refractivity (Wildman–Crippen MR) is 97.6 cm³/mol. The zero-order chi connectivity index (χ0) is 19.7. The predicted octanol–water partition coefficient (Wildman–Crippen LogP) is 1.27. The second kappa shape index (κ2) is 7.09. The fourth-order valence-corrected chi connectivity index (χ4v) is 4.30. The molecule has 0 bridgehead atoms. The summed E-state index contributed by atoms with van der Waals surface area (Å²) in [5.41, 5.74) is 1.02. The smallest absolute Gasteiger partial charge is 0.243 e. The van der Waals surface area contributed by atoms with E-state index < -0.39 is 10.0 Å². The molecule has 3 aromatic rings. The molecule has 1 aliphatic heterocycles. The number of carbonyl (C=O) groups is 1. The molecule has 1 amide bonds. The second-order valence-electron chi connectivity index (χ2n) is 6.27. The number of hydrogen-bond donors (Lipinski definition) is 1. The molecule has 4 rings (SSSR count). The molecule has 10 nitrogen and oxygen atoms in total. The molecule has 0 unspecified atom stereocenters. The first kappa shape index (κ1) is 18.2. The van der Waals surface area contributed by atoms with Crippen LogP contribution < -0.4 is 5.32 Å². The van der Waals surface area contributed by atoms with Crippen molar-refractivity contribution in [3.8, 4) is 11.5 Å². The number of carbonyl (C=O) groups excluding carboxylic acids is 1. The minimum Gasteiger partial charge on any atom is -0.339 e. The highest BCUT2D eigenvalue weighted by Crippen LogP contribution is 2.32. The maximum Gasteiger partial charge on any atom is 0.243 e. The quantitative estimate of drug-likeness (QED) is 0.677. The summed E-state index contributed by atoms with van der Waals surface area (Å²) >= 11 is 0. The number of hydrogen-bond acceptors (Lipinski definition) is 8. The Bertz CT molecular complexity index is 1090. The van der Waals surface area contributed by atoms with E-state index in [0.717, 1.165) is 0 Å². The first-order valence-corrected chi connectivity index (χ1v) is 9.85. The van der Waals surface area contributed by atoms with Crippen molar-refractivity contribution in [1.29, 1.82) is 0 Å². The highest BCUT2D eigenvalue weighted by atomic mass is 32.2. The third-order valence-corrected chi connectivity index (χ3v) is 6.09. The summed E-state index contributed by atoms with van der Waals surface area (Å²) in [7, 11) is -3.63. The topological polar surface area (TPSA) is 131 Å². The fraction of sp³-hybridized carbons (Fsp3) is 0.235. The van der Waals surface area contributed by atoms with Crippen LogP contribution in [-0.4, -0.2) is 51.8 Å². The van der Waals surface area contributed by atoms with Gasteiger partial charge in [0.1, 0.15) is 5.69 Å². The van der Waals surface area contributed by atoms with Crippen molar-refractivity contribution in [2.24, 2.45) is 0 Å².